The van der Waals surface area contributed by atoms with Crippen molar-refractivity contribution >= 4 is 49.8 Å². The number of rotatable bonds is 6. The van der Waals surface area contributed by atoms with Gasteiger partial charge < -0.3 is 14.2 Å². The maximum absolute atomic E-state index is 13.1. The molecule has 0 saturated carbocycles. The number of aliphatic imine (C=N–C) groups is 1. The normalized spacial score (nSPS) is 14.3. The highest BCUT2D eigenvalue weighted by Gasteiger charge is 2.24. The van der Waals surface area contributed by atoms with Crippen molar-refractivity contribution in [2.75, 3.05) is 7.11 Å². The molecule has 4 rings (SSSR count). The zero-order valence-corrected chi connectivity index (χ0v) is 19.9. The molecule has 0 radical (unpaired) electrons. The van der Waals surface area contributed by atoms with E-state index in [1.165, 1.54) is 19.2 Å². The van der Waals surface area contributed by atoms with Gasteiger partial charge in [0, 0.05) is 10.0 Å². The maximum atomic E-state index is 13.1. The molecule has 1 aliphatic heterocycles. The summed E-state index contributed by atoms with van der Waals surface area (Å²) in [6.07, 6.45) is 1.62. The van der Waals surface area contributed by atoms with Crippen molar-refractivity contribution in [1.82, 2.24) is 0 Å². The molecule has 3 aromatic carbocycles. The van der Waals surface area contributed by atoms with Crippen LogP contribution in [0, 0.1) is 5.82 Å². The first kappa shape index (κ1) is 22.2. The summed E-state index contributed by atoms with van der Waals surface area (Å²) < 4.78 is 31.3. The van der Waals surface area contributed by atoms with Crippen molar-refractivity contribution in [1.29, 1.82) is 0 Å². The van der Waals surface area contributed by atoms with Crippen LogP contribution < -0.4 is 9.47 Å². The smallest absolute Gasteiger partial charge is 0.363 e. The van der Waals surface area contributed by atoms with Crippen LogP contribution in [0.4, 0.5) is 4.39 Å². The van der Waals surface area contributed by atoms with Gasteiger partial charge in [0.25, 0.3) is 0 Å². The van der Waals surface area contributed by atoms with E-state index in [4.69, 9.17) is 14.2 Å². The van der Waals surface area contributed by atoms with Crippen molar-refractivity contribution in [2.24, 2.45) is 4.99 Å². The molecule has 0 bridgehead atoms. The number of benzene rings is 3. The van der Waals surface area contributed by atoms with Gasteiger partial charge in [-0.2, -0.15) is 0 Å². The van der Waals surface area contributed by atoms with Crippen molar-refractivity contribution in [3.05, 3.63) is 97.8 Å². The summed E-state index contributed by atoms with van der Waals surface area (Å²) in [6.45, 7) is 0.239. The number of carbonyl (C=O) groups is 1. The highest BCUT2D eigenvalue weighted by atomic mass is 79.9. The van der Waals surface area contributed by atoms with Gasteiger partial charge in [0.2, 0.25) is 5.90 Å². The Morgan fingerprint density at radius 1 is 1.06 bits per heavy atom. The first-order valence-corrected chi connectivity index (χ1v) is 11.0. The Bertz CT molecular complexity index is 1220. The molecule has 0 aromatic heterocycles. The lowest BCUT2D eigenvalue weighted by molar-refractivity contribution is -0.129. The zero-order valence-electron chi connectivity index (χ0n) is 16.8. The van der Waals surface area contributed by atoms with E-state index in [0.29, 0.717) is 27.1 Å². The molecule has 8 heteroatoms. The highest BCUT2D eigenvalue weighted by molar-refractivity contribution is 9.10. The van der Waals surface area contributed by atoms with Crippen LogP contribution in [0.15, 0.2) is 80.3 Å². The van der Waals surface area contributed by atoms with Crippen molar-refractivity contribution < 1.29 is 23.4 Å². The molecule has 3 aromatic rings. The number of hydrogen-bond acceptors (Lipinski definition) is 5. The van der Waals surface area contributed by atoms with E-state index in [0.717, 1.165) is 10.0 Å². The molecule has 0 saturated heterocycles. The summed E-state index contributed by atoms with van der Waals surface area (Å²) in [7, 11) is 1.52. The van der Waals surface area contributed by atoms with Crippen LogP contribution in [0.5, 0.6) is 11.5 Å². The SMILES string of the molecule is COc1cc(C=C2N=C(c3ccc(Br)cc3)OC2=O)cc(Br)c1OCc1ccc(F)cc1. The Balaban J connectivity index is 1.58. The second-order valence-corrected chi connectivity index (χ2v) is 8.56. The average Bonchev–Trinajstić information content (AvgIpc) is 3.14. The minimum absolute atomic E-state index is 0.178. The fraction of sp³-hybridized carbons (Fsp3) is 0.0833. The van der Waals surface area contributed by atoms with Gasteiger partial charge in [-0.15, -0.1) is 0 Å². The molecule has 1 heterocycles. The third kappa shape index (κ3) is 5.08. The largest absolute Gasteiger partial charge is 0.493 e. The van der Waals surface area contributed by atoms with Gasteiger partial charge in [0.05, 0.1) is 11.6 Å². The molecule has 0 N–H and O–H groups in total. The molecule has 5 nitrogen and oxygen atoms in total. The first-order chi connectivity index (χ1) is 15.4. The molecule has 0 atom stereocenters. The second-order valence-electron chi connectivity index (χ2n) is 6.79. The molecule has 0 aliphatic carbocycles. The van der Waals surface area contributed by atoms with Gasteiger partial charge in [0.1, 0.15) is 12.4 Å². The summed E-state index contributed by atoms with van der Waals surface area (Å²) in [4.78, 5) is 16.6. The Morgan fingerprint density at radius 3 is 2.47 bits per heavy atom. The van der Waals surface area contributed by atoms with Gasteiger partial charge in [-0.25, -0.2) is 14.2 Å². The summed E-state index contributed by atoms with van der Waals surface area (Å²) in [5.74, 6) is 0.374. The van der Waals surface area contributed by atoms with Crippen molar-refractivity contribution in [2.45, 2.75) is 6.61 Å². The molecule has 0 fully saturated rings. The van der Waals surface area contributed by atoms with Crippen LogP contribution in [0.1, 0.15) is 16.7 Å². The van der Waals surface area contributed by atoms with E-state index in [1.54, 1.807) is 30.3 Å². The zero-order chi connectivity index (χ0) is 22.7. The van der Waals surface area contributed by atoms with Gasteiger partial charge >= 0.3 is 5.97 Å². The van der Waals surface area contributed by atoms with E-state index in [2.05, 4.69) is 36.9 Å². The van der Waals surface area contributed by atoms with Crippen LogP contribution in [-0.2, 0) is 16.1 Å². The molecular weight excluding hydrogens is 545 g/mol. The molecule has 0 amide bonds. The third-order valence-electron chi connectivity index (χ3n) is 4.56. The lowest BCUT2D eigenvalue weighted by atomic mass is 10.1. The standard InChI is InChI=1S/C24H16Br2FNO4/c1-30-21-12-15(10-19(26)22(21)31-13-14-2-8-18(27)9-3-14)11-20-24(29)32-23(28-20)16-4-6-17(25)7-5-16/h2-12H,13H2,1H3. The minimum atomic E-state index is -0.533. The van der Waals surface area contributed by atoms with Gasteiger partial charge in [-0.1, -0.05) is 28.1 Å². The lowest BCUT2D eigenvalue weighted by Crippen LogP contribution is -2.05. The van der Waals surface area contributed by atoms with Crippen molar-refractivity contribution in [3.8, 4) is 11.5 Å². The Labute approximate surface area is 200 Å². The van der Waals surface area contributed by atoms with Crippen molar-refractivity contribution in [3.63, 3.8) is 0 Å². The summed E-state index contributed by atoms with van der Waals surface area (Å²) in [6, 6.07) is 16.9. The van der Waals surface area contributed by atoms with E-state index >= 15 is 0 Å². The highest BCUT2D eigenvalue weighted by Crippen LogP contribution is 2.38. The summed E-state index contributed by atoms with van der Waals surface area (Å²) in [5, 5.41) is 0. The molecule has 0 unspecified atom stereocenters. The summed E-state index contributed by atoms with van der Waals surface area (Å²) >= 11 is 6.87. The number of carbonyl (C=O) groups excluding carboxylic acids is 1. The number of cyclic esters (lactones) is 1. The maximum Gasteiger partial charge on any atom is 0.363 e. The molecule has 1 aliphatic rings. The van der Waals surface area contributed by atoms with Crippen LogP contribution in [-0.4, -0.2) is 19.0 Å². The number of halogens is 3. The fourth-order valence-corrected chi connectivity index (χ4v) is 3.82. The Kier molecular flexibility index (Phi) is 6.72. The quantitative estimate of drug-likeness (QED) is 0.263. The van der Waals surface area contributed by atoms with E-state index in [9.17, 15) is 9.18 Å². The predicted octanol–water partition coefficient (Wildman–Crippen LogP) is 6.28. The number of methoxy groups -OCH3 is 1. The number of esters is 1. The van der Waals surface area contributed by atoms with Crippen LogP contribution >= 0.6 is 31.9 Å². The van der Waals surface area contributed by atoms with Crippen LogP contribution in [0.25, 0.3) is 6.08 Å². The van der Waals surface area contributed by atoms with E-state index in [-0.39, 0.29) is 24.0 Å². The number of ether oxygens (including phenoxy) is 3. The molecule has 0 spiro atoms. The number of hydrogen-bond donors (Lipinski definition) is 0. The first-order valence-electron chi connectivity index (χ1n) is 9.46. The Morgan fingerprint density at radius 2 is 1.78 bits per heavy atom. The fourth-order valence-electron chi connectivity index (χ4n) is 2.98. The van der Waals surface area contributed by atoms with E-state index < -0.39 is 5.97 Å². The monoisotopic (exact) mass is 559 g/mol. The van der Waals surface area contributed by atoms with Crippen LogP contribution in [0.3, 0.4) is 0 Å². The third-order valence-corrected chi connectivity index (χ3v) is 5.68. The number of nitrogens with zero attached hydrogens (tertiary/aromatic N) is 1. The predicted molar refractivity (Wildman–Crippen MR) is 126 cm³/mol. The second kappa shape index (κ2) is 9.67. The van der Waals surface area contributed by atoms with E-state index in [1.807, 2.05) is 24.3 Å². The molecule has 32 heavy (non-hydrogen) atoms. The van der Waals surface area contributed by atoms with Gasteiger partial charge in [0.15, 0.2) is 17.2 Å². The van der Waals surface area contributed by atoms with Crippen LogP contribution in [0.2, 0.25) is 0 Å². The van der Waals surface area contributed by atoms with Gasteiger partial charge in [-0.05, 0) is 81.7 Å². The minimum Gasteiger partial charge on any atom is -0.493 e. The summed E-state index contributed by atoms with van der Waals surface area (Å²) in [5.41, 5.74) is 2.37. The average molecular weight is 561 g/mol. The Hall–Kier alpha value is -2.97. The lowest BCUT2D eigenvalue weighted by Gasteiger charge is -2.13. The van der Waals surface area contributed by atoms with Gasteiger partial charge in [-0.3, -0.25) is 0 Å². The topological polar surface area (TPSA) is 57.1 Å². The molecule has 162 valence electrons. The molecular formula is C24H16Br2FNO4.